The maximum absolute atomic E-state index is 12.9. The third-order valence-corrected chi connectivity index (χ3v) is 4.38. The number of nitrogens with zero attached hydrogens (tertiary/aromatic N) is 2. The van der Waals surface area contributed by atoms with Crippen molar-refractivity contribution in [3.05, 3.63) is 59.9 Å². The molecule has 1 aromatic heterocycles. The molecule has 0 radical (unpaired) electrons. The Hall–Kier alpha value is -2.73. The number of pyridine rings is 1. The summed E-state index contributed by atoms with van der Waals surface area (Å²) in [6.07, 6.45) is 3.54. The molecule has 0 aliphatic carbocycles. The van der Waals surface area contributed by atoms with Gasteiger partial charge in [-0.2, -0.15) is 0 Å². The van der Waals surface area contributed by atoms with E-state index in [0.29, 0.717) is 18.7 Å². The van der Waals surface area contributed by atoms with Crippen LogP contribution in [-0.4, -0.2) is 42.6 Å². The quantitative estimate of drug-likeness (QED) is 0.867. The minimum Gasteiger partial charge on any atom is -0.376 e. The van der Waals surface area contributed by atoms with Gasteiger partial charge < -0.3 is 15.0 Å². The molecule has 1 N–H and O–H groups in total. The molecule has 0 bridgehead atoms. The van der Waals surface area contributed by atoms with E-state index in [4.69, 9.17) is 4.74 Å². The number of rotatable bonds is 6. The predicted molar refractivity (Wildman–Crippen MR) is 99.3 cm³/mol. The van der Waals surface area contributed by atoms with Crippen LogP contribution in [0.1, 0.15) is 40.6 Å². The first-order valence-corrected chi connectivity index (χ1v) is 8.92. The van der Waals surface area contributed by atoms with Crippen molar-refractivity contribution in [3.8, 4) is 0 Å². The number of nitrogens with one attached hydrogen (secondary N) is 1. The fourth-order valence-corrected chi connectivity index (χ4v) is 3.00. The zero-order valence-corrected chi connectivity index (χ0v) is 14.9. The van der Waals surface area contributed by atoms with Crippen LogP contribution in [0, 0.1) is 0 Å². The average Bonchev–Trinajstić information content (AvgIpc) is 3.21. The summed E-state index contributed by atoms with van der Waals surface area (Å²) in [5.41, 5.74) is 1.49. The molecule has 1 aliphatic rings. The first-order valence-electron chi connectivity index (χ1n) is 8.92. The van der Waals surface area contributed by atoms with Gasteiger partial charge in [0.05, 0.1) is 6.10 Å². The number of amides is 2. The molecule has 0 spiro atoms. The second kappa shape index (κ2) is 8.58. The van der Waals surface area contributed by atoms with Crippen molar-refractivity contribution >= 4 is 17.5 Å². The lowest BCUT2D eigenvalue weighted by Gasteiger charge is -2.21. The molecule has 6 heteroatoms. The number of aromatic nitrogens is 1. The van der Waals surface area contributed by atoms with Gasteiger partial charge in [0.2, 0.25) is 0 Å². The summed E-state index contributed by atoms with van der Waals surface area (Å²) in [6, 6.07) is 12.6. The highest BCUT2D eigenvalue weighted by molar-refractivity contribution is 6.07. The molecule has 0 saturated carbocycles. The average molecular weight is 353 g/mol. The first-order chi connectivity index (χ1) is 12.7. The van der Waals surface area contributed by atoms with Crippen LogP contribution in [0.4, 0.5) is 5.69 Å². The topological polar surface area (TPSA) is 71.5 Å². The van der Waals surface area contributed by atoms with E-state index in [1.54, 1.807) is 17.0 Å². The highest BCUT2D eigenvalue weighted by Gasteiger charge is 2.20. The van der Waals surface area contributed by atoms with Crippen LogP contribution in [-0.2, 0) is 4.74 Å². The molecule has 1 aromatic carbocycles. The van der Waals surface area contributed by atoms with Crippen molar-refractivity contribution in [3.63, 3.8) is 0 Å². The summed E-state index contributed by atoms with van der Waals surface area (Å²) < 4.78 is 5.50. The number of hydrogen-bond acceptors (Lipinski definition) is 4. The van der Waals surface area contributed by atoms with E-state index in [2.05, 4.69) is 10.3 Å². The third kappa shape index (κ3) is 4.26. The zero-order chi connectivity index (χ0) is 18.4. The Kier molecular flexibility index (Phi) is 5.96. The molecule has 1 unspecified atom stereocenters. The maximum Gasteiger partial charge on any atom is 0.269 e. The third-order valence-electron chi connectivity index (χ3n) is 4.38. The van der Waals surface area contributed by atoms with Gasteiger partial charge in [-0.25, -0.2) is 0 Å². The van der Waals surface area contributed by atoms with Crippen LogP contribution in [0.3, 0.4) is 0 Å². The molecule has 1 atom stereocenters. The molecule has 1 fully saturated rings. The lowest BCUT2D eigenvalue weighted by atomic mass is 10.1. The van der Waals surface area contributed by atoms with E-state index in [1.165, 1.54) is 6.20 Å². The number of carbonyl (C=O) groups excluding carboxylic acids is 2. The predicted octanol–water partition coefficient (Wildman–Crippen LogP) is 2.66. The molecule has 1 aliphatic heterocycles. The molecule has 2 aromatic rings. The van der Waals surface area contributed by atoms with Gasteiger partial charge in [0.1, 0.15) is 5.69 Å². The number of ether oxygens (including phenoxy) is 1. The van der Waals surface area contributed by atoms with Gasteiger partial charge in [0.15, 0.2) is 0 Å². The summed E-state index contributed by atoms with van der Waals surface area (Å²) >= 11 is 0. The lowest BCUT2D eigenvalue weighted by molar-refractivity contribution is 0.0853. The van der Waals surface area contributed by atoms with Crippen molar-refractivity contribution in [1.29, 1.82) is 0 Å². The highest BCUT2D eigenvalue weighted by atomic mass is 16.5. The van der Waals surface area contributed by atoms with E-state index in [0.717, 1.165) is 25.1 Å². The van der Waals surface area contributed by atoms with Crippen LogP contribution >= 0.6 is 0 Å². The summed E-state index contributed by atoms with van der Waals surface area (Å²) in [7, 11) is 0. The molecular formula is C20H23N3O3. The molecule has 6 nitrogen and oxygen atoms in total. The van der Waals surface area contributed by atoms with E-state index in [1.807, 2.05) is 37.3 Å². The zero-order valence-electron chi connectivity index (χ0n) is 14.9. The Morgan fingerprint density at radius 1 is 1.27 bits per heavy atom. The first kappa shape index (κ1) is 18.1. The monoisotopic (exact) mass is 353 g/mol. The van der Waals surface area contributed by atoms with Gasteiger partial charge in [0.25, 0.3) is 11.8 Å². The van der Waals surface area contributed by atoms with E-state index in [-0.39, 0.29) is 23.6 Å². The standard InChI is InChI=1S/C20H23N3O3/c1-2-23(16-7-4-3-5-8-16)20(25)15-10-11-21-18(13-15)19(24)22-14-17-9-6-12-26-17/h3-5,7-8,10-11,13,17H,2,6,9,12,14H2,1H3,(H,22,24). The van der Waals surface area contributed by atoms with Crippen LogP contribution in [0.2, 0.25) is 0 Å². The number of benzene rings is 1. The summed E-state index contributed by atoms with van der Waals surface area (Å²) in [6.45, 7) is 3.66. The minimum atomic E-state index is -0.294. The molecule has 2 amide bonds. The van der Waals surface area contributed by atoms with Gasteiger partial charge in [0, 0.05) is 37.1 Å². The van der Waals surface area contributed by atoms with Gasteiger partial charge in [-0.1, -0.05) is 18.2 Å². The summed E-state index contributed by atoms with van der Waals surface area (Å²) in [5.74, 6) is -0.452. The van der Waals surface area contributed by atoms with Crippen molar-refractivity contribution in [2.45, 2.75) is 25.9 Å². The fourth-order valence-electron chi connectivity index (χ4n) is 3.00. The van der Waals surface area contributed by atoms with Gasteiger partial charge in [-0.05, 0) is 44.0 Å². The van der Waals surface area contributed by atoms with Crippen molar-refractivity contribution < 1.29 is 14.3 Å². The number of hydrogen-bond donors (Lipinski definition) is 1. The normalized spacial score (nSPS) is 16.3. The Balaban J connectivity index is 1.71. The summed E-state index contributed by atoms with van der Waals surface area (Å²) in [4.78, 5) is 31.0. The second-order valence-corrected chi connectivity index (χ2v) is 6.16. The Morgan fingerprint density at radius 2 is 2.08 bits per heavy atom. The number of carbonyl (C=O) groups is 2. The summed E-state index contributed by atoms with van der Waals surface area (Å²) in [5, 5.41) is 2.83. The number of para-hydroxylation sites is 1. The van der Waals surface area contributed by atoms with Crippen LogP contribution < -0.4 is 10.2 Å². The maximum atomic E-state index is 12.9. The largest absolute Gasteiger partial charge is 0.376 e. The van der Waals surface area contributed by atoms with Crippen LogP contribution in [0.5, 0.6) is 0 Å². The van der Waals surface area contributed by atoms with Crippen LogP contribution in [0.15, 0.2) is 48.7 Å². The highest BCUT2D eigenvalue weighted by Crippen LogP contribution is 2.17. The van der Waals surface area contributed by atoms with Crippen molar-refractivity contribution in [2.24, 2.45) is 0 Å². The van der Waals surface area contributed by atoms with Gasteiger partial charge >= 0.3 is 0 Å². The van der Waals surface area contributed by atoms with Gasteiger partial charge in [-0.3, -0.25) is 14.6 Å². The van der Waals surface area contributed by atoms with Crippen molar-refractivity contribution in [2.75, 3.05) is 24.6 Å². The molecule has 26 heavy (non-hydrogen) atoms. The molecule has 1 saturated heterocycles. The fraction of sp³-hybridized carbons (Fsp3) is 0.350. The Labute approximate surface area is 153 Å². The van der Waals surface area contributed by atoms with Crippen molar-refractivity contribution in [1.82, 2.24) is 10.3 Å². The molecule has 3 rings (SSSR count). The lowest BCUT2D eigenvalue weighted by Crippen LogP contribution is -2.33. The van der Waals surface area contributed by atoms with Gasteiger partial charge in [-0.15, -0.1) is 0 Å². The van der Waals surface area contributed by atoms with E-state index in [9.17, 15) is 9.59 Å². The Bertz CT molecular complexity index is 758. The molecule has 136 valence electrons. The second-order valence-electron chi connectivity index (χ2n) is 6.16. The Morgan fingerprint density at radius 3 is 2.77 bits per heavy atom. The van der Waals surface area contributed by atoms with Crippen LogP contribution in [0.25, 0.3) is 0 Å². The number of anilines is 1. The smallest absolute Gasteiger partial charge is 0.269 e. The minimum absolute atomic E-state index is 0.0671. The van der Waals surface area contributed by atoms with E-state index < -0.39 is 0 Å². The van der Waals surface area contributed by atoms with E-state index >= 15 is 0 Å². The molecular weight excluding hydrogens is 330 g/mol. The SMILES string of the molecule is CCN(C(=O)c1ccnc(C(=O)NCC2CCCO2)c1)c1ccccc1. The molecule has 2 heterocycles.